The summed E-state index contributed by atoms with van der Waals surface area (Å²) in [7, 11) is 0. The van der Waals surface area contributed by atoms with Crippen molar-refractivity contribution in [2.45, 2.75) is 38.2 Å². The Morgan fingerprint density at radius 2 is 1.47 bits per heavy atom. The second-order valence-corrected chi connectivity index (χ2v) is 11.5. The molecule has 3 amide bonds. The second kappa shape index (κ2) is 15.9. The van der Waals surface area contributed by atoms with Crippen LogP contribution in [0.5, 0.6) is 0 Å². The summed E-state index contributed by atoms with van der Waals surface area (Å²) >= 11 is 0. The van der Waals surface area contributed by atoms with Crippen molar-refractivity contribution in [1.82, 2.24) is 9.80 Å². The average molecular weight is 613 g/mol. The number of hydrogen-bond acceptors (Lipinski definition) is 7. The number of nitrogens with one attached hydrogen (secondary N) is 2. The second-order valence-electron chi connectivity index (χ2n) is 11.5. The number of piperidine rings is 2. The van der Waals surface area contributed by atoms with E-state index in [-0.39, 0.29) is 17.9 Å². The molecule has 5 rings (SSSR count). The number of benzene rings is 3. The van der Waals surface area contributed by atoms with Gasteiger partial charge in [0.2, 0.25) is 5.91 Å². The standard InChI is InChI=1S/C35H40N4O6/c40-24-26-10-12-29(13-11-26)36-34(42)44-25-27-14-22-39(23-15-27)33(41)18-21-38-19-16-30(17-20-38)45-35(43)37-32-9-5-4-8-31(32)28-6-2-1-3-7-28/h1-13,24,27,30H,14-23,25H2,(H,36,42)(H,37,43). The van der Waals surface area contributed by atoms with Gasteiger partial charge in [-0.2, -0.15) is 0 Å². The Kier molecular flexibility index (Phi) is 11.2. The van der Waals surface area contributed by atoms with E-state index in [2.05, 4.69) is 15.5 Å². The van der Waals surface area contributed by atoms with Crippen molar-refractivity contribution < 1.29 is 28.7 Å². The van der Waals surface area contributed by atoms with E-state index in [0.717, 1.165) is 56.2 Å². The van der Waals surface area contributed by atoms with E-state index in [4.69, 9.17) is 9.47 Å². The molecule has 0 unspecified atom stereocenters. The molecule has 2 aliphatic rings. The lowest BCUT2D eigenvalue weighted by Gasteiger charge is -2.34. The number of anilines is 2. The van der Waals surface area contributed by atoms with Gasteiger partial charge < -0.3 is 19.3 Å². The van der Waals surface area contributed by atoms with Crippen LogP contribution in [0.2, 0.25) is 0 Å². The lowest BCUT2D eigenvalue weighted by Crippen LogP contribution is -2.43. The molecule has 0 atom stereocenters. The normalized spacial score (nSPS) is 16.0. The zero-order valence-electron chi connectivity index (χ0n) is 25.4. The third-order valence-corrected chi connectivity index (χ3v) is 8.41. The minimum absolute atomic E-state index is 0.140. The van der Waals surface area contributed by atoms with Crippen LogP contribution in [-0.2, 0) is 14.3 Å². The largest absolute Gasteiger partial charge is 0.449 e. The monoisotopic (exact) mass is 612 g/mol. The molecule has 236 valence electrons. The van der Waals surface area contributed by atoms with Gasteiger partial charge in [-0.3, -0.25) is 20.2 Å². The van der Waals surface area contributed by atoms with Gasteiger partial charge in [-0.15, -0.1) is 0 Å². The number of nitrogens with zero attached hydrogens (tertiary/aromatic N) is 2. The molecule has 2 aliphatic heterocycles. The number of carbonyl (C=O) groups is 4. The molecule has 0 aliphatic carbocycles. The fourth-order valence-electron chi connectivity index (χ4n) is 5.76. The lowest BCUT2D eigenvalue weighted by atomic mass is 9.97. The SMILES string of the molecule is O=Cc1ccc(NC(=O)OCC2CCN(C(=O)CCN3CCC(OC(=O)Nc4ccccc4-c4ccccc4)CC3)CC2)cc1. The maximum atomic E-state index is 12.9. The Hall–Kier alpha value is -4.70. The van der Waals surface area contributed by atoms with Crippen LogP contribution in [0.4, 0.5) is 21.0 Å². The Balaban J connectivity index is 0.952. The van der Waals surface area contributed by atoms with Gasteiger partial charge in [-0.25, -0.2) is 9.59 Å². The third-order valence-electron chi connectivity index (χ3n) is 8.41. The third kappa shape index (κ3) is 9.39. The quantitative estimate of drug-likeness (QED) is 0.268. The molecule has 0 saturated carbocycles. The van der Waals surface area contributed by atoms with E-state index in [9.17, 15) is 19.2 Å². The molecule has 45 heavy (non-hydrogen) atoms. The van der Waals surface area contributed by atoms with Crippen LogP contribution >= 0.6 is 0 Å². The molecular weight excluding hydrogens is 572 g/mol. The first-order chi connectivity index (χ1) is 22.0. The molecule has 2 heterocycles. The van der Waals surface area contributed by atoms with Crippen LogP contribution in [-0.4, -0.2) is 79.6 Å². The zero-order valence-corrected chi connectivity index (χ0v) is 25.4. The summed E-state index contributed by atoms with van der Waals surface area (Å²) < 4.78 is 11.1. The minimum atomic E-state index is -0.532. The number of rotatable bonds is 10. The summed E-state index contributed by atoms with van der Waals surface area (Å²) in [4.78, 5) is 52.6. The molecule has 2 N–H and O–H groups in total. The molecule has 10 nitrogen and oxygen atoms in total. The first-order valence-electron chi connectivity index (χ1n) is 15.6. The Bertz CT molecular complexity index is 1430. The highest BCUT2D eigenvalue weighted by Crippen LogP contribution is 2.28. The van der Waals surface area contributed by atoms with Gasteiger partial charge in [-0.1, -0.05) is 48.5 Å². The van der Waals surface area contributed by atoms with Gasteiger partial charge in [0, 0.05) is 56.0 Å². The number of para-hydroxylation sites is 1. The first-order valence-corrected chi connectivity index (χ1v) is 15.6. The predicted molar refractivity (Wildman–Crippen MR) is 172 cm³/mol. The number of hydrogen-bond donors (Lipinski definition) is 2. The van der Waals surface area contributed by atoms with Crippen LogP contribution in [0.25, 0.3) is 11.1 Å². The molecule has 0 aromatic heterocycles. The van der Waals surface area contributed by atoms with E-state index in [1.54, 1.807) is 24.3 Å². The maximum Gasteiger partial charge on any atom is 0.411 e. The first kappa shape index (κ1) is 31.7. The molecule has 2 fully saturated rings. The molecule has 2 saturated heterocycles. The van der Waals surface area contributed by atoms with Crippen molar-refractivity contribution in [3.05, 3.63) is 84.4 Å². The fourth-order valence-corrected chi connectivity index (χ4v) is 5.76. The Labute approximate surface area is 263 Å². The highest BCUT2D eigenvalue weighted by Gasteiger charge is 2.26. The Morgan fingerprint density at radius 1 is 0.778 bits per heavy atom. The molecule has 10 heteroatoms. The van der Waals surface area contributed by atoms with Gasteiger partial charge in [0.15, 0.2) is 0 Å². The average Bonchev–Trinajstić information content (AvgIpc) is 3.08. The summed E-state index contributed by atoms with van der Waals surface area (Å²) in [6, 6.07) is 24.1. The van der Waals surface area contributed by atoms with Crippen LogP contribution in [0.3, 0.4) is 0 Å². The smallest absolute Gasteiger partial charge is 0.411 e. The van der Waals surface area contributed by atoms with Gasteiger partial charge in [-0.05, 0) is 67.5 Å². The molecule has 0 radical (unpaired) electrons. The van der Waals surface area contributed by atoms with Crippen LogP contribution in [0.1, 0.15) is 42.5 Å². The lowest BCUT2D eigenvalue weighted by molar-refractivity contribution is -0.133. The summed E-state index contributed by atoms with van der Waals surface area (Å²) in [6.45, 7) is 3.83. The predicted octanol–water partition coefficient (Wildman–Crippen LogP) is 6.06. The van der Waals surface area contributed by atoms with Crippen molar-refractivity contribution in [3.63, 3.8) is 0 Å². The molecule has 3 aromatic carbocycles. The maximum absolute atomic E-state index is 12.9. The number of ether oxygens (including phenoxy) is 2. The summed E-state index contributed by atoms with van der Waals surface area (Å²) in [5.74, 6) is 0.348. The van der Waals surface area contributed by atoms with Gasteiger partial charge in [0.25, 0.3) is 0 Å². The number of carbonyl (C=O) groups excluding carboxylic acids is 4. The number of likely N-dealkylation sites (tertiary alicyclic amines) is 2. The van der Waals surface area contributed by atoms with Gasteiger partial charge in [0.05, 0.1) is 12.3 Å². The highest BCUT2D eigenvalue weighted by atomic mass is 16.6. The van der Waals surface area contributed by atoms with Crippen molar-refractivity contribution in [2.75, 3.05) is 50.0 Å². The zero-order chi connectivity index (χ0) is 31.4. The molecule has 0 bridgehead atoms. The van der Waals surface area contributed by atoms with Crippen LogP contribution < -0.4 is 10.6 Å². The Morgan fingerprint density at radius 3 is 2.18 bits per heavy atom. The van der Waals surface area contributed by atoms with E-state index >= 15 is 0 Å². The van der Waals surface area contributed by atoms with Crippen LogP contribution in [0.15, 0.2) is 78.9 Å². The molecular formula is C35H40N4O6. The van der Waals surface area contributed by atoms with Crippen molar-refractivity contribution in [2.24, 2.45) is 5.92 Å². The van der Waals surface area contributed by atoms with Crippen molar-refractivity contribution in [3.8, 4) is 11.1 Å². The summed E-state index contributed by atoms with van der Waals surface area (Å²) in [5, 5.41) is 5.57. The summed E-state index contributed by atoms with van der Waals surface area (Å²) in [6.07, 6.45) is 3.08. The number of amides is 3. The molecule has 3 aromatic rings. The highest BCUT2D eigenvalue weighted by molar-refractivity contribution is 5.91. The summed E-state index contributed by atoms with van der Waals surface area (Å²) in [5.41, 5.74) is 3.78. The van der Waals surface area contributed by atoms with E-state index in [1.165, 1.54) is 0 Å². The van der Waals surface area contributed by atoms with Gasteiger partial charge in [0.1, 0.15) is 12.4 Å². The van der Waals surface area contributed by atoms with E-state index in [1.807, 2.05) is 59.5 Å². The molecule has 0 spiro atoms. The van der Waals surface area contributed by atoms with E-state index in [0.29, 0.717) is 49.6 Å². The van der Waals surface area contributed by atoms with Crippen molar-refractivity contribution in [1.29, 1.82) is 0 Å². The number of aldehydes is 1. The van der Waals surface area contributed by atoms with E-state index < -0.39 is 12.2 Å². The van der Waals surface area contributed by atoms with Gasteiger partial charge >= 0.3 is 12.2 Å². The minimum Gasteiger partial charge on any atom is -0.449 e. The van der Waals surface area contributed by atoms with Crippen LogP contribution in [0, 0.1) is 5.92 Å². The topological polar surface area (TPSA) is 117 Å². The fraction of sp³-hybridized carbons (Fsp3) is 0.371. The van der Waals surface area contributed by atoms with Crippen molar-refractivity contribution >= 4 is 35.8 Å².